The predicted octanol–water partition coefficient (Wildman–Crippen LogP) is 2.86. The Labute approximate surface area is 159 Å². The molecule has 1 aromatic rings. The zero-order valence-electron chi connectivity index (χ0n) is 14.1. The third-order valence-corrected chi connectivity index (χ3v) is 6.03. The van der Waals surface area contributed by atoms with Crippen LogP contribution in [0.4, 0.5) is 0 Å². The first-order chi connectivity index (χ1) is 11.8. The van der Waals surface area contributed by atoms with Crippen LogP contribution in [0.15, 0.2) is 40.5 Å². The lowest BCUT2D eigenvalue weighted by Crippen LogP contribution is -2.52. The van der Waals surface area contributed by atoms with Crippen molar-refractivity contribution in [1.82, 2.24) is 9.80 Å². The van der Waals surface area contributed by atoms with Crippen LogP contribution >= 0.6 is 24.2 Å². The summed E-state index contributed by atoms with van der Waals surface area (Å²) in [6, 6.07) is 10.2. The molecule has 4 rings (SSSR count). The highest BCUT2D eigenvalue weighted by Gasteiger charge is 2.32. The van der Waals surface area contributed by atoms with E-state index in [9.17, 15) is 4.79 Å². The molecule has 0 spiro atoms. The Morgan fingerprint density at radius 3 is 2.32 bits per heavy atom. The summed E-state index contributed by atoms with van der Waals surface area (Å²) < 4.78 is 0. The van der Waals surface area contributed by atoms with E-state index in [4.69, 9.17) is 0 Å². The van der Waals surface area contributed by atoms with Crippen LogP contribution in [0.5, 0.6) is 0 Å². The van der Waals surface area contributed by atoms with Crippen LogP contribution in [0, 0.1) is 5.92 Å². The molecular formula is C18H23ClN4OS. The Morgan fingerprint density at radius 2 is 1.76 bits per heavy atom. The van der Waals surface area contributed by atoms with E-state index < -0.39 is 0 Å². The minimum absolute atomic E-state index is 0. The first-order valence-electron chi connectivity index (χ1n) is 8.68. The van der Waals surface area contributed by atoms with Crippen LogP contribution in [0.3, 0.4) is 0 Å². The zero-order chi connectivity index (χ0) is 16.4. The number of rotatable bonds is 2. The molecule has 25 heavy (non-hydrogen) atoms. The van der Waals surface area contributed by atoms with Crippen LogP contribution in [0.25, 0.3) is 0 Å². The fourth-order valence-electron chi connectivity index (χ4n) is 3.25. The summed E-state index contributed by atoms with van der Waals surface area (Å²) in [5.41, 5.74) is 2.17. The lowest BCUT2D eigenvalue weighted by molar-refractivity contribution is -0.139. The van der Waals surface area contributed by atoms with Gasteiger partial charge >= 0.3 is 0 Å². The van der Waals surface area contributed by atoms with Gasteiger partial charge in [-0.05, 0) is 18.4 Å². The third-order valence-electron chi connectivity index (χ3n) is 5.02. The molecule has 1 saturated heterocycles. The molecule has 3 aliphatic rings. The normalized spacial score (nSPS) is 21.0. The topological polar surface area (TPSA) is 48.3 Å². The number of piperazine rings is 1. The van der Waals surface area contributed by atoms with Crippen molar-refractivity contribution < 1.29 is 4.79 Å². The smallest absolute Gasteiger partial charge is 0.225 e. The van der Waals surface area contributed by atoms with Gasteiger partial charge in [0.05, 0.1) is 5.71 Å². The van der Waals surface area contributed by atoms with Gasteiger partial charge in [-0.2, -0.15) is 5.10 Å². The summed E-state index contributed by atoms with van der Waals surface area (Å²) in [6.07, 6.45) is 3.38. The van der Waals surface area contributed by atoms with E-state index in [0.29, 0.717) is 11.8 Å². The Kier molecular flexibility index (Phi) is 6.02. The lowest BCUT2D eigenvalue weighted by Gasteiger charge is -2.39. The van der Waals surface area contributed by atoms with Gasteiger partial charge in [-0.1, -0.05) is 48.5 Å². The fourth-order valence-corrected chi connectivity index (χ4v) is 4.21. The second kappa shape index (κ2) is 8.23. The Balaban J connectivity index is 0.00000182. The molecule has 7 heteroatoms. The van der Waals surface area contributed by atoms with Crippen molar-refractivity contribution in [3.63, 3.8) is 0 Å². The lowest BCUT2D eigenvalue weighted by atomic mass is 9.84. The number of carbonyl (C=O) groups is 1. The maximum Gasteiger partial charge on any atom is 0.225 e. The van der Waals surface area contributed by atoms with Crippen LogP contribution in [0.2, 0.25) is 0 Å². The van der Waals surface area contributed by atoms with Gasteiger partial charge in [-0.15, -0.1) is 17.5 Å². The van der Waals surface area contributed by atoms with E-state index in [0.717, 1.165) is 61.2 Å². The highest BCUT2D eigenvalue weighted by atomic mass is 35.5. The molecule has 0 atom stereocenters. The third kappa shape index (κ3) is 4.01. The predicted molar refractivity (Wildman–Crippen MR) is 106 cm³/mol. The van der Waals surface area contributed by atoms with Crippen LogP contribution in [-0.4, -0.2) is 58.5 Å². The minimum atomic E-state index is 0. The van der Waals surface area contributed by atoms with Crippen molar-refractivity contribution in [1.29, 1.82) is 0 Å². The Hall–Kier alpha value is -1.53. The molecule has 1 aromatic carbocycles. The van der Waals surface area contributed by atoms with Crippen LogP contribution < -0.4 is 0 Å². The summed E-state index contributed by atoms with van der Waals surface area (Å²) >= 11 is 1.75. The monoisotopic (exact) mass is 378 g/mol. The molecule has 2 aliphatic heterocycles. The van der Waals surface area contributed by atoms with E-state index >= 15 is 0 Å². The molecule has 1 amide bonds. The molecule has 0 N–H and O–H groups in total. The molecule has 5 nitrogen and oxygen atoms in total. The number of amides is 1. The van der Waals surface area contributed by atoms with Gasteiger partial charge < -0.3 is 9.80 Å². The largest absolute Gasteiger partial charge is 0.346 e. The minimum Gasteiger partial charge on any atom is -0.346 e. The van der Waals surface area contributed by atoms with Crippen molar-refractivity contribution >= 4 is 41.0 Å². The molecule has 2 fully saturated rings. The average molecular weight is 379 g/mol. The van der Waals surface area contributed by atoms with E-state index in [1.54, 1.807) is 11.8 Å². The molecule has 0 radical (unpaired) electrons. The summed E-state index contributed by atoms with van der Waals surface area (Å²) in [7, 11) is 0. The molecular weight excluding hydrogens is 356 g/mol. The maximum absolute atomic E-state index is 12.3. The SMILES string of the molecule is Cl.O=C(C1CCC1)N1CCN(C2=NN=C(c3ccccc3)CS2)CC1. The zero-order valence-corrected chi connectivity index (χ0v) is 15.8. The van der Waals surface area contributed by atoms with Crippen molar-refractivity contribution in [3.05, 3.63) is 35.9 Å². The Bertz CT molecular complexity index is 667. The van der Waals surface area contributed by atoms with Crippen LogP contribution in [0.1, 0.15) is 24.8 Å². The molecule has 1 saturated carbocycles. The maximum atomic E-state index is 12.3. The Morgan fingerprint density at radius 1 is 1.04 bits per heavy atom. The summed E-state index contributed by atoms with van der Waals surface area (Å²) in [4.78, 5) is 16.6. The number of amidine groups is 1. The van der Waals surface area contributed by atoms with Gasteiger partial charge in [-0.25, -0.2) is 0 Å². The van der Waals surface area contributed by atoms with Gasteiger partial charge in [0.15, 0.2) is 5.17 Å². The van der Waals surface area contributed by atoms with E-state index in [-0.39, 0.29) is 12.4 Å². The number of halogens is 1. The number of hydrogen-bond acceptors (Lipinski definition) is 5. The van der Waals surface area contributed by atoms with E-state index in [1.165, 1.54) is 6.42 Å². The highest BCUT2D eigenvalue weighted by Crippen LogP contribution is 2.29. The fraction of sp³-hybridized carbons (Fsp3) is 0.500. The van der Waals surface area contributed by atoms with Gasteiger partial charge in [-0.3, -0.25) is 4.79 Å². The number of carbonyl (C=O) groups excluding carboxylic acids is 1. The number of thioether (sulfide) groups is 1. The van der Waals surface area contributed by atoms with E-state index in [2.05, 4.69) is 27.2 Å². The number of hydrogen-bond donors (Lipinski definition) is 0. The molecule has 1 aliphatic carbocycles. The van der Waals surface area contributed by atoms with Gasteiger partial charge in [0, 0.05) is 37.8 Å². The standard InChI is InChI=1S/C18H22N4OS.ClH/c23-17(15-7-4-8-15)21-9-11-22(12-10-21)18-20-19-16(13-24-18)14-5-2-1-3-6-14;/h1-3,5-6,15H,4,7-13H2;1H. The van der Waals surface area contributed by atoms with Gasteiger partial charge in [0.1, 0.15) is 0 Å². The quantitative estimate of drug-likeness (QED) is 0.795. The number of nitrogens with zero attached hydrogens (tertiary/aromatic N) is 4. The van der Waals surface area contributed by atoms with Crippen molar-refractivity contribution in [3.8, 4) is 0 Å². The van der Waals surface area contributed by atoms with Crippen LogP contribution in [-0.2, 0) is 4.79 Å². The second-order valence-electron chi connectivity index (χ2n) is 6.52. The average Bonchev–Trinajstić information content (AvgIpc) is 2.61. The molecule has 0 aromatic heterocycles. The van der Waals surface area contributed by atoms with E-state index in [1.807, 2.05) is 23.1 Å². The molecule has 2 heterocycles. The van der Waals surface area contributed by atoms with Crippen molar-refractivity contribution in [2.75, 3.05) is 31.9 Å². The van der Waals surface area contributed by atoms with Gasteiger partial charge in [0.25, 0.3) is 0 Å². The van der Waals surface area contributed by atoms with Crippen molar-refractivity contribution in [2.24, 2.45) is 16.1 Å². The molecule has 134 valence electrons. The van der Waals surface area contributed by atoms with Gasteiger partial charge in [0.2, 0.25) is 5.91 Å². The highest BCUT2D eigenvalue weighted by molar-refractivity contribution is 8.14. The van der Waals surface area contributed by atoms with Crippen molar-refractivity contribution in [2.45, 2.75) is 19.3 Å². The first-order valence-corrected chi connectivity index (χ1v) is 9.66. The molecule has 0 bridgehead atoms. The summed E-state index contributed by atoms with van der Waals surface area (Å²) in [6.45, 7) is 3.34. The second-order valence-corrected chi connectivity index (χ2v) is 7.47. The molecule has 0 unspecified atom stereocenters. The first kappa shape index (κ1) is 18.3. The number of benzene rings is 1. The summed E-state index contributed by atoms with van der Waals surface area (Å²) in [5, 5.41) is 9.85. The summed E-state index contributed by atoms with van der Waals surface area (Å²) in [5.74, 6) is 1.52.